The van der Waals surface area contributed by atoms with Gasteiger partial charge < -0.3 is 14.5 Å². The van der Waals surface area contributed by atoms with Crippen molar-refractivity contribution in [1.82, 2.24) is 20.2 Å². The zero-order valence-electron chi connectivity index (χ0n) is 18.0. The number of unbranched alkanes of at least 4 members (excludes halogenated alkanes) is 2. The van der Waals surface area contributed by atoms with E-state index < -0.39 is 0 Å². The summed E-state index contributed by atoms with van der Waals surface area (Å²) in [6.07, 6.45) is 5.02. The van der Waals surface area contributed by atoms with Gasteiger partial charge in [-0.2, -0.15) is 10.1 Å². The molecule has 0 unspecified atom stereocenters. The van der Waals surface area contributed by atoms with Crippen LogP contribution in [-0.2, 0) is 0 Å². The highest BCUT2D eigenvalue weighted by atomic mass is 16.5. The van der Waals surface area contributed by atoms with E-state index in [2.05, 4.69) is 43.7 Å². The number of hydrazone groups is 1. The number of ether oxygens (including phenoxy) is 2. The number of aromatic nitrogens is 4. The number of H-pyrrole nitrogens is 1. The highest BCUT2D eigenvalue weighted by molar-refractivity contribution is 6.03. The molecule has 4 rings (SSSR count). The molecule has 160 valence electrons. The molecule has 2 N–H and O–H groups in total. The van der Waals surface area contributed by atoms with Gasteiger partial charge in [0.05, 0.1) is 19.9 Å². The van der Waals surface area contributed by atoms with Crippen LogP contribution in [0.1, 0.15) is 37.3 Å². The molecule has 0 bridgehead atoms. The standard InChI is InChI=1S/C23H26N6O2/c1-4-5-6-11-31-19-10-8-16(13-20(19)30-3)14-24-28-23-26-22-21(27-29-23)17-12-15(2)7-9-18(17)25-22/h7-10,12-14H,4-6,11H2,1-3H3,(H2,25,26,28,29)/b24-14+. The van der Waals surface area contributed by atoms with Gasteiger partial charge in [0.15, 0.2) is 17.1 Å². The number of fused-ring (bicyclic) bond motifs is 3. The second-order valence-corrected chi connectivity index (χ2v) is 7.34. The van der Waals surface area contributed by atoms with E-state index in [-0.39, 0.29) is 0 Å². The van der Waals surface area contributed by atoms with Crippen molar-refractivity contribution < 1.29 is 9.47 Å². The lowest BCUT2D eigenvalue weighted by atomic mass is 10.2. The highest BCUT2D eigenvalue weighted by Crippen LogP contribution is 2.28. The number of benzene rings is 2. The van der Waals surface area contributed by atoms with Gasteiger partial charge >= 0.3 is 0 Å². The summed E-state index contributed by atoms with van der Waals surface area (Å²) in [5.74, 6) is 1.72. The Bertz CT molecular complexity index is 1220. The lowest BCUT2D eigenvalue weighted by Gasteiger charge is -2.11. The number of nitrogens with zero attached hydrogens (tertiary/aromatic N) is 4. The van der Waals surface area contributed by atoms with E-state index in [9.17, 15) is 0 Å². The van der Waals surface area contributed by atoms with Gasteiger partial charge in [-0.25, -0.2) is 5.43 Å². The first-order valence-electron chi connectivity index (χ1n) is 10.4. The van der Waals surface area contributed by atoms with Crippen LogP contribution in [0, 0.1) is 6.92 Å². The summed E-state index contributed by atoms with van der Waals surface area (Å²) < 4.78 is 11.3. The number of nitrogens with one attached hydrogen (secondary N) is 2. The van der Waals surface area contributed by atoms with Gasteiger partial charge in [-0.05, 0) is 49.2 Å². The first-order valence-corrected chi connectivity index (χ1v) is 10.4. The Hall–Kier alpha value is -3.68. The number of rotatable bonds is 9. The average Bonchev–Trinajstić information content (AvgIpc) is 3.14. The number of hydrogen-bond acceptors (Lipinski definition) is 7. The maximum atomic E-state index is 5.82. The molecule has 0 saturated carbocycles. The SMILES string of the molecule is CCCCCOc1ccc(/C=N/Nc2nnc3c(n2)[nH]c2ccc(C)cc23)cc1OC. The molecule has 0 aliphatic carbocycles. The van der Waals surface area contributed by atoms with Gasteiger partial charge in [0.25, 0.3) is 5.95 Å². The third kappa shape index (κ3) is 4.74. The fraction of sp³-hybridized carbons (Fsp3) is 0.304. The second kappa shape index (κ2) is 9.42. The molecule has 0 radical (unpaired) electrons. The molecule has 4 aromatic rings. The van der Waals surface area contributed by atoms with Gasteiger partial charge in [0, 0.05) is 10.9 Å². The Morgan fingerprint density at radius 2 is 2.00 bits per heavy atom. The number of aryl methyl sites for hydroxylation is 1. The first-order chi connectivity index (χ1) is 15.2. The molecule has 0 saturated heterocycles. The van der Waals surface area contributed by atoms with Crippen molar-refractivity contribution >= 4 is 34.2 Å². The Balaban J connectivity index is 1.45. The van der Waals surface area contributed by atoms with Gasteiger partial charge in [-0.15, -0.1) is 10.2 Å². The van der Waals surface area contributed by atoms with Crippen molar-refractivity contribution in [3.63, 3.8) is 0 Å². The smallest absolute Gasteiger partial charge is 0.265 e. The average molecular weight is 419 g/mol. The normalized spacial score (nSPS) is 11.5. The van der Waals surface area contributed by atoms with Crippen LogP contribution in [0.25, 0.3) is 22.1 Å². The van der Waals surface area contributed by atoms with Crippen LogP contribution < -0.4 is 14.9 Å². The van der Waals surface area contributed by atoms with Crippen molar-refractivity contribution in [2.24, 2.45) is 5.10 Å². The molecule has 31 heavy (non-hydrogen) atoms. The van der Waals surface area contributed by atoms with E-state index in [1.54, 1.807) is 13.3 Å². The van der Waals surface area contributed by atoms with Crippen LogP contribution in [0.3, 0.4) is 0 Å². The lowest BCUT2D eigenvalue weighted by molar-refractivity contribution is 0.286. The molecule has 0 atom stereocenters. The number of anilines is 1. The first kappa shape index (κ1) is 20.6. The largest absolute Gasteiger partial charge is 0.493 e. The van der Waals surface area contributed by atoms with Gasteiger partial charge in [0.2, 0.25) is 0 Å². The summed E-state index contributed by atoms with van der Waals surface area (Å²) in [7, 11) is 1.63. The van der Waals surface area contributed by atoms with E-state index in [0.717, 1.165) is 52.6 Å². The molecule has 8 heteroatoms. The summed E-state index contributed by atoms with van der Waals surface area (Å²) in [6.45, 7) is 4.90. The number of hydrogen-bond donors (Lipinski definition) is 2. The monoisotopic (exact) mass is 418 g/mol. The van der Waals surface area contributed by atoms with Gasteiger partial charge in [-0.3, -0.25) is 0 Å². The molecule has 8 nitrogen and oxygen atoms in total. The summed E-state index contributed by atoms with van der Waals surface area (Å²) in [5, 5.41) is 13.7. The minimum absolute atomic E-state index is 0.315. The predicted molar refractivity (Wildman–Crippen MR) is 123 cm³/mol. The molecule has 0 aliphatic rings. The van der Waals surface area contributed by atoms with Crippen LogP contribution in [-0.4, -0.2) is 40.1 Å². The van der Waals surface area contributed by atoms with Crippen molar-refractivity contribution in [3.05, 3.63) is 47.5 Å². The zero-order chi connectivity index (χ0) is 21.6. The minimum atomic E-state index is 0.315. The maximum Gasteiger partial charge on any atom is 0.265 e. The quantitative estimate of drug-likeness (QED) is 0.229. The van der Waals surface area contributed by atoms with Crippen molar-refractivity contribution in [2.45, 2.75) is 33.1 Å². The van der Waals surface area contributed by atoms with Crippen LogP contribution in [0.15, 0.2) is 41.5 Å². The second-order valence-electron chi connectivity index (χ2n) is 7.34. The summed E-state index contributed by atoms with van der Waals surface area (Å²) in [6, 6.07) is 11.8. The topological polar surface area (TPSA) is 97.3 Å². The van der Waals surface area contributed by atoms with Crippen molar-refractivity contribution in [1.29, 1.82) is 0 Å². The van der Waals surface area contributed by atoms with E-state index in [1.807, 2.05) is 37.3 Å². The van der Waals surface area contributed by atoms with Crippen molar-refractivity contribution in [3.8, 4) is 11.5 Å². The Morgan fingerprint density at radius 3 is 2.84 bits per heavy atom. The molecule has 0 aliphatic heterocycles. The summed E-state index contributed by atoms with van der Waals surface area (Å²) in [5.41, 5.74) is 7.25. The number of aromatic amines is 1. The fourth-order valence-corrected chi connectivity index (χ4v) is 3.31. The molecule has 2 heterocycles. The van der Waals surface area contributed by atoms with Gasteiger partial charge in [0.1, 0.15) is 5.52 Å². The Kier molecular flexibility index (Phi) is 6.26. The van der Waals surface area contributed by atoms with Crippen LogP contribution in [0.5, 0.6) is 11.5 Å². The molecule has 0 fully saturated rings. The lowest BCUT2D eigenvalue weighted by Crippen LogP contribution is -2.01. The molecule has 2 aromatic heterocycles. The van der Waals surface area contributed by atoms with E-state index in [0.29, 0.717) is 24.0 Å². The highest BCUT2D eigenvalue weighted by Gasteiger charge is 2.09. The Morgan fingerprint density at radius 1 is 1.10 bits per heavy atom. The van der Waals surface area contributed by atoms with Crippen LogP contribution in [0.2, 0.25) is 0 Å². The summed E-state index contributed by atoms with van der Waals surface area (Å²) >= 11 is 0. The van der Waals surface area contributed by atoms with Gasteiger partial charge in [-0.1, -0.05) is 31.4 Å². The maximum absolute atomic E-state index is 5.82. The predicted octanol–water partition coefficient (Wildman–Crippen LogP) is 4.84. The number of methoxy groups -OCH3 is 1. The van der Waals surface area contributed by atoms with Crippen LogP contribution in [0.4, 0.5) is 5.95 Å². The minimum Gasteiger partial charge on any atom is -0.493 e. The Labute approximate surface area is 180 Å². The summed E-state index contributed by atoms with van der Waals surface area (Å²) in [4.78, 5) is 7.73. The molecule has 0 spiro atoms. The molecular formula is C23H26N6O2. The zero-order valence-corrected chi connectivity index (χ0v) is 18.0. The van der Waals surface area contributed by atoms with Crippen molar-refractivity contribution in [2.75, 3.05) is 19.1 Å². The molecule has 0 amide bonds. The molecule has 2 aromatic carbocycles. The molecular weight excluding hydrogens is 392 g/mol. The third-order valence-electron chi connectivity index (χ3n) is 4.94. The third-order valence-corrected chi connectivity index (χ3v) is 4.94. The van der Waals surface area contributed by atoms with Crippen LogP contribution >= 0.6 is 0 Å². The fourth-order valence-electron chi connectivity index (χ4n) is 3.31. The van der Waals surface area contributed by atoms with E-state index >= 15 is 0 Å². The van der Waals surface area contributed by atoms with E-state index in [4.69, 9.17) is 9.47 Å². The van der Waals surface area contributed by atoms with E-state index in [1.165, 1.54) is 0 Å².